The van der Waals surface area contributed by atoms with Crippen molar-refractivity contribution >= 4 is 35.8 Å². The van der Waals surface area contributed by atoms with E-state index in [2.05, 4.69) is 20.8 Å². The van der Waals surface area contributed by atoms with E-state index in [1.807, 2.05) is 0 Å². The minimum absolute atomic E-state index is 0.694. The number of para-hydroxylation sites is 1. The Morgan fingerprint density at radius 1 is 1.00 bits per heavy atom. The Labute approximate surface area is 170 Å². The summed E-state index contributed by atoms with van der Waals surface area (Å²) < 4.78 is 34.8. The van der Waals surface area contributed by atoms with Crippen LogP contribution in [0.15, 0.2) is 23.1 Å². The fourth-order valence-corrected chi connectivity index (χ4v) is 12.6. The molecule has 0 aromatic heterocycles. The van der Waals surface area contributed by atoms with Gasteiger partial charge in [0.25, 0.3) is 10.1 Å². The topological polar surface area (TPSA) is 115 Å². The molecule has 2 N–H and O–H groups in total. The minimum atomic E-state index is -4.63. The van der Waals surface area contributed by atoms with Gasteiger partial charge in [0, 0.05) is 5.56 Å². The van der Waals surface area contributed by atoms with Crippen molar-refractivity contribution in [1.29, 1.82) is 0 Å². The Hall–Kier alpha value is -0.801. The van der Waals surface area contributed by atoms with Crippen LogP contribution in [0, 0.1) is 0 Å². The van der Waals surface area contributed by atoms with E-state index in [9.17, 15) is 18.3 Å². The average molecular weight is 507 g/mol. The van der Waals surface area contributed by atoms with Crippen molar-refractivity contribution in [3.63, 3.8) is 0 Å². The zero-order valence-corrected chi connectivity index (χ0v) is 20.2. The first kappa shape index (κ1) is 26.2. The number of phenols is 1. The number of aromatic carboxylic acids is 1. The van der Waals surface area contributed by atoms with Crippen molar-refractivity contribution in [3.05, 3.63) is 23.8 Å². The van der Waals surface area contributed by atoms with Gasteiger partial charge >= 0.3 is 92.4 Å². The monoisotopic (exact) mass is 508 g/mol. The van der Waals surface area contributed by atoms with E-state index in [0.29, 0.717) is 0 Å². The van der Waals surface area contributed by atoms with Gasteiger partial charge in [0.15, 0.2) is 0 Å². The van der Waals surface area contributed by atoms with Gasteiger partial charge in [0.05, 0.1) is 5.97 Å². The summed E-state index contributed by atoms with van der Waals surface area (Å²) in [6.07, 6.45) is 8.85. The largest absolute Gasteiger partial charge is 0.545 e. The molecule has 0 heterocycles. The molecule has 0 saturated heterocycles. The van der Waals surface area contributed by atoms with Crippen LogP contribution in [-0.2, 0) is 10.1 Å². The van der Waals surface area contributed by atoms with Crippen molar-refractivity contribution in [2.45, 2.75) is 77.5 Å². The molecule has 1 rings (SSSR count). The molecule has 1 aromatic rings. The first-order valence-corrected chi connectivity index (χ1v) is 17.0. The number of hydrogen-bond acceptors (Lipinski definition) is 5. The van der Waals surface area contributed by atoms with Gasteiger partial charge in [0.1, 0.15) is 10.6 Å². The summed E-state index contributed by atoms with van der Waals surface area (Å²) in [6.45, 7) is 7.00. The quantitative estimate of drug-likeness (QED) is 0.347. The third-order valence-electron chi connectivity index (χ3n) is 4.15. The predicted molar refractivity (Wildman–Crippen MR) is 107 cm³/mol. The van der Waals surface area contributed by atoms with Crippen LogP contribution < -0.4 is 5.11 Å². The maximum absolute atomic E-state index is 10.6. The molecule has 154 valence electrons. The summed E-state index contributed by atoms with van der Waals surface area (Å²) in [7, 11) is -4.63. The number of carboxylic acids is 1. The van der Waals surface area contributed by atoms with E-state index in [-0.39, 0.29) is 0 Å². The summed E-state index contributed by atoms with van der Waals surface area (Å²) in [4.78, 5) is 9.49. The zero-order valence-electron chi connectivity index (χ0n) is 16.5. The molecule has 0 radical (unpaired) electrons. The standard InChI is InChI=1S/C7H6O6S.3C4H9.Sn/c8-6-4(7(9)10)2-1-3-5(6)14(11,12)13;3*1-3-4-2;/h1-3,8H,(H,9,10)(H,11,12,13);3*1,3-4H2,2H3;/q;;;;+1/p-1. The number of carbonyl (C=O) groups is 1. The van der Waals surface area contributed by atoms with Crippen LogP contribution in [0.25, 0.3) is 0 Å². The van der Waals surface area contributed by atoms with E-state index < -0.39 is 52.1 Å². The second kappa shape index (κ2) is 14.2. The summed E-state index contributed by atoms with van der Waals surface area (Å²) >= 11 is -0.839. The molecule has 0 atom stereocenters. The van der Waals surface area contributed by atoms with Crippen LogP contribution in [0.2, 0.25) is 13.3 Å². The van der Waals surface area contributed by atoms with Crippen molar-refractivity contribution in [2.75, 3.05) is 0 Å². The van der Waals surface area contributed by atoms with Crippen molar-refractivity contribution in [3.8, 4) is 5.75 Å². The molecule has 0 aliphatic rings. The van der Waals surface area contributed by atoms with E-state index in [1.165, 1.54) is 38.5 Å². The maximum Gasteiger partial charge on any atom is 0.298 e. The van der Waals surface area contributed by atoms with Gasteiger partial charge in [-0.25, -0.2) is 0 Å². The summed E-state index contributed by atoms with van der Waals surface area (Å²) in [5.74, 6) is -2.76. The van der Waals surface area contributed by atoms with Gasteiger partial charge in [-0.1, -0.05) is 6.07 Å². The first-order valence-electron chi connectivity index (χ1n) is 9.53. The molecule has 0 bridgehead atoms. The first-order chi connectivity index (χ1) is 12.7. The molecule has 0 unspecified atom stereocenters. The van der Waals surface area contributed by atoms with Crippen LogP contribution in [0.4, 0.5) is 0 Å². The number of aromatic hydroxyl groups is 1. The Kier molecular flexibility index (Phi) is 13.8. The number of benzene rings is 1. The van der Waals surface area contributed by atoms with Crippen molar-refractivity contribution < 1.29 is 28.0 Å². The Morgan fingerprint density at radius 3 is 1.78 bits per heavy atom. The van der Waals surface area contributed by atoms with Crippen LogP contribution >= 0.6 is 0 Å². The predicted octanol–water partition coefficient (Wildman–Crippen LogP) is 3.88. The average Bonchev–Trinajstić information content (AvgIpc) is 2.60. The molecule has 6 nitrogen and oxygen atoms in total. The minimum Gasteiger partial charge on any atom is -0.545 e. The third kappa shape index (κ3) is 10.9. The maximum atomic E-state index is 10.6. The molecule has 0 spiro atoms. The fourth-order valence-electron chi connectivity index (χ4n) is 2.55. The molecule has 0 fully saturated rings. The van der Waals surface area contributed by atoms with Crippen molar-refractivity contribution in [2.24, 2.45) is 0 Å². The molecule has 0 saturated carbocycles. The summed E-state index contributed by atoms with van der Waals surface area (Å²) in [6, 6.07) is 2.89. The molecular formula is C19H32O6SSn. The second-order valence-corrected chi connectivity index (χ2v) is 16.4. The van der Waals surface area contributed by atoms with E-state index in [0.717, 1.165) is 18.2 Å². The van der Waals surface area contributed by atoms with Gasteiger partial charge in [-0.2, -0.15) is 8.42 Å². The Morgan fingerprint density at radius 2 is 1.44 bits per heavy atom. The molecule has 1 aromatic carbocycles. The summed E-state index contributed by atoms with van der Waals surface area (Å²) in [5, 5.41) is 19.5. The zero-order chi connectivity index (χ0) is 20.9. The molecule has 8 heteroatoms. The number of carbonyl (C=O) groups excluding carboxylic acids is 1. The normalized spacial score (nSPS) is 10.8. The van der Waals surface area contributed by atoms with Gasteiger partial charge in [-0.05, 0) is 12.1 Å². The number of carboxylic acid groups (broad SMARTS) is 1. The van der Waals surface area contributed by atoms with Crippen molar-refractivity contribution in [1.82, 2.24) is 0 Å². The van der Waals surface area contributed by atoms with Gasteiger partial charge < -0.3 is 15.0 Å². The molecule has 27 heavy (non-hydrogen) atoms. The number of rotatable bonds is 11. The van der Waals surface area contributed by atoms with Gasteiger partial charge in [0.2, 0.25) is 0 Å². The summed E-state index contributed by atoms with van der Waals surface area (Å²) in [5.41, 5.74) is -0.694. The molecule has 0 aliphatic carbocycles. The molecular weight excluding hydrogens is 475 g/mol. The number of hydrogen-bond donors (Lipinski definition) is 2. The van der Waals surface area contributed by atoms with Crippen LogP contribution in [0.1, 0.15) is 69.7 Å². The fraction of sp³-hybridized carbons (Fsp3) is 0.632. The van der Waals surface area contributed by atoms with Gasteiger partial charge in [-0.15, -0.1) is 0 Å². The van der Waals surface area contributed by atoms with Crippen LogP contribution in [0.3, 0.4) is 0 Å². The molecule has 0 aliphatic heterocycles. The van der Waals surface area contributed by atoms with Gasteiger partial charge in [-0.3, -0.25) is 4.55 Å². The van der Waals surface area contributed by atoms with E-state index in [4.69, 9.17) is 9.66 Å². The molecule has 0 amide bonds. The SMILES string of the molecule is CCC[CH2][Sn+]([CH2]CCC)[CH2]CCC.O=C([O-])c1cccc(S(=O)(=O)O)c1O. The third-order valence-corrected chi connectivity index (χ3v) is 14.1. The number of unbranched alkanes of at least 4 members (excludes halogenated alkanes) is 3. The van der Waals surface area contributed by atoms with E-state index in [1.54, 1.807) is 13.3 Å². The Balaban J connectivity index is 0.000000503. The second-order valence-electron chi connectivity index (χ2n) is 6.48. The van der Waals surface area contributed by atoms with E-state index >= 15 is 0 Å². The Bertz CT molecular complexity index is 641. The van der Waals surface area contributed by atoms with Crippen LogP contribution in [0.5, 0.6) is 5.75 Å². The smallest absolute Gasteiger partial charge is 0.298 e. The van der Waals surface area contributed by atoms with Crippen LogP contribution in [-0.4, -0.2) is 43.8 Å².